The Bertz CT molecular complexity index is 1790. The molecule has 14 heteroatoms. The zero-order valence-electron chi connectivity index (χ0n) is 52.8. The smallest absolute Gasteiger partial charge is 0.0493 e. The maximum atomic E-state index is 3.00. The molecule has 2 aromatic carbocycles. The van der Waals surface area contributed by atoms with E-state index in [0.717, 1.165) is 47.8 Å². The highest BCUT2D eigenvalue weighted by atomic mass is 28.7. The van der Waals surface area contributed by atoms with Crippen LogP contribution in [0.25, 0.3) is 0 Å². The maximum absolute atomic E-state index is 3.00. The summed E-state index contributed by atoms with van der Waals surface area (Å²) in [6.07, 6.45) is 0. The van der Waals surface area contributed by atoms with E-state index >= 15 is 0 Å². The zero-order chi connectivity index (χ0) is 54.3. The van der Waals surface area contributed by atoms with Crippen LogP contribution in [-0.4, -0.2) is 114 Å². The molecule has 2 rings (SSSR count). The van der Waals surface area contributed by atoms with Crippen molar-refractivity contribution >= 4 is 124 Å². The Morgan fingerprint density at radius 3 is 0.426 bits per heavy atom. The molecule has 0 N–H and O–H groups in total. The van der Waals surface area contributed by atoms with E-state index in [1.54, 1.807) is 11.1 Å². The van der Waals surface area contributed by atoms with E-state index in [9.17, 15) is 0 Å². The van der Waals surface area contributed by atoms with Crippen molar-refractivity contribution in [3.8, 4) is 0 Å². The standard InChI is InChI=1S/C54H118Si14/c1-57(2,3)49(58(4,5)6)41-37-43(51(61(13,14)15)62(16,17)18)47(44(38-41)52(63(19,20)21)64(22,23)24)55-56-48-45(53(65(25,26)27)66(28,29)30)39-42(50(59(7,8)9)60(10,11)12)40-46(48)54(67(31,32)33)68(34,35)36/h37-40,49-54H,1-36H3. The molecular formula is C54H118Si14. The van der Waals surface area contributed by atoms with Crippen LogP contribution in [0, 0.1) is 0 Å². The molecular weight excluding hydrogens is 1040 g/mol. The van der Waals surface area contributed by atoms with Crippen LogP contribution in [0.5, 0.6) is 0 Å². The summed E-state index contributed by atoms with van der Waals surface area (Å²) in [6.45, 7) is 99.0. The quantitative estimate of drug-likeness (QED) is 0.131. The molecule has 0 aliphatic rings. The summed E-state index contributed by atoms with van der Waals surface area (Å²) >= 11 is 0. The van der Waals surface area contributed by atoms with Crippen molar-refractivity contribution in [2.75, 3.05) is 0 Å². The van der Waals surface area contributed by atoms with Gasteiger partial charge in [0.25, 0.3) is 0 Å². The minimum atomic E-state index is -1.67. The molecule has 0 spiro atoms. The molecule has 0 radical (unpaired) electrons. The fourth-order valence-corrected chi connectivity index (χ4v) is 98.2. The third-order valence-electron chi connectivity index (χ3n) is 15.1. The van der Waals surface area contributed by atoms with Gasteiger partial charge in [-0.05, 0) is 91.6 Å². The number of hydrogen-bond acceptors (Lipinski definition) is 0. The van der Waals surface area contributed by atoms with Gasteiger partial charge in [0, 0.05) is 96.9 Å². The minimum absolute atomic E-state index is 0.734. The molecule has 390 valence electrons. The highest BCUT2D eigenvalue weighted by Gasteiger charge is 2.49. The van der Waals surface area contributed by atoms with Gasteiger partial charge in [0.15, 0.2) is 0 Å². The molecule has 0 bridgehead atoms. The second-order valence-corrected chi connectivity index (χ2v) is 106. The fraction of sp³-hybridized carbons (Fsp3) is 0.778. The van der Waals surface area contributed by atoms with Gasteiger partial charge in [-0.3, -0.25) is 0 Å². The van der Waals surface area contributed by atoms with Gasteiger partial charge in [-0.25, -0.2) is 0 Å². The van der Waals surface area contributed by atoms with Crippen LogP contribution in [0.4, 0.5) is 0 Å². The van der Waals surface area contributed by atoms with Crippen LogP contribution in [0.3, 0.4) is 0 Å². The number of hydrogen-bond donors (Lipinski definition) is 0. The zero-order valence-corrected chi connectivity index (χ0v) is 66.8. The Labute approximate surface area is 444 Å². The lowest BCUT2D eigenvalue weighted by molar-refractivity contribution is 1.09. The van der Waals surface area contributed by atoms with E-state index in [4.69, 9.17) is 0 Å². The van der Waals surface area contributed by atoms with Crippen LogP contribution in [0.2, 0.25) is 236 Å². The van der Waals surface area contributed by atoms with E-state index in [1.807, 2.05) is 32.6 Å². The summed E-state index contributed by atoms with van der Waals surface area (Å²) in [5.41, 5.74) is 11.1. The Morgan fingerprint density at radius 1 is 0.206 bits per heavy atom. The monoisotopic (exact) mass is 1160 g/mol. The summed E-state index contributed by atoms with van der Waals surface area (Å²) in [7, 11) is -18.0. The van der Waals surface area contributed by atoms with Crippen LogP contribution >= 0.6 is 0 Å². The summed E-state index contributed by atoms with van der Waals surface area (Å²) in [5, 5.41) is 8.24. The van der Waals surface area contributed by atoms with E-state index in [0.29, 0.717) is 0 Å². The first-order valence-electron chi connectivity index (χ1n) is 27.3. The van der Waals surface area contributed by atoms with Gasteiger partial charge < -0.3 is 0 Å². The number of rotatable bonds is 18. The molecule has 0 fully saturated rings. The van der Waals surface area contributed by atoms with Crippen LogP contribution < -0.4 is 10.4 Å². The Kier molecular flexibility index (Phi) is 20.4. The molecule has 0 unspecified atom stereocenters. The highest BCUT2D eigenvalue weighted by Crippen LogP contribution is 2.46. The predicted octanol–water partition coefficient (Wildman–Crippen LogP) is 18.0. The van der Waals surface area contributed by atoms with Crippen molar-refractivity contribution in [3.05, 3.63) is 57.6 Å². The molecule has 0 aliphatic carbocycles. The average Bonchev–Trinajstić information content (AvgIpc) is 2.92. The van der Waals surface area contributed by atoms with E-state index in [1.165, 1.54) is 0 Å². The second-order valence-electron chi connectivity index (χ2n) is 35.4. The summed E-state index contributed by atoms with van der Waals surface area (Å²) < 4.78 is 0. The third-order valence-corrected chi connectivity index (χ3v) is 74.5. The molecule has 2 aromatic rings. The molecule has 0 aliphatic heterocycles. The van der Waals surface area contributed by atoms with Crippen molar-refractivity contribution in [3.63, 3.8) is 0 Å². The molecule has 0 aromatic heterocycles. The van der Waals surface area contributed by atoms with Gasteiger partial charge >= 0.3 is 0 Å². The topological polar surface area (TPSA) is 0 Å². The van der Waals surface area contributed by atoms with Gasteiger partial charge in [-0.2, -0.15) is 0 Å². The molecule has 68 heavy (non-hydrogen) atoms. The van der Waals surface area contributed by atoms with Crippen molar-refractivity contribution in [2.24, 2.45) is 0 Å². The van der Waals surface area contributed by atoms with Gasteiger partial charge in [0.05, 0.1) is 0 Å². The fourth-order valence-electron chi connectivity index (χ4n) is 16.6. The normalized spacial score (nSPS) is 15.1. The van der Waals surface area contributed by atoms with Crippen LogP contribution in [0.1, 0.15) is 64.4 Å². The van der Waals surface area contributed by atoms with Gasteiger partial charge in [-0.15, -0.1) is 0 Å². The molecule has 0 atom stereocenters. The Balaban J connectivity index is 3.98. The van der Waals surface area contributed by atoms with Crippen molar-refractivity contribution in [1.82, 2.24) is 0 Å². The summed E-state index contributed by atoms with van der Waals surface area (Å²) in [5.74, 6) is 0. The van der Waals surface area contributed by atoms with Crippen LogP contribution in [0.15, 0.2) is 24.3 Å². The molecule has 0 nitrogen and oxygen atoms in total. The highest BCUT2D eigenvalue weighted by molar-refractivity contribution is 7.01. The van der Waals surface area contributed by atoms with E-state index in [2.05, 4.69) is 260 Å². The molecule has 0 amide bonds. The van der Waals surface area contributed by atoms with Crippen molar-refractivity contribution in [2.45, 2.75) is 267 Å². The lowest BCUT2D eigenvalue weighted by atomic mass is 10.1. The first-order chi connectivity index (χ1) is 29.4. The van der Waals surface area contributed by atoms with Crippen molar-refractivity contribution < 1.29 is 0 Å². The predicted molar refractivity (Wildman–Crippen MR) is 360 cm³/mol. The van der Waals surface area contributed by atoms with Gasteiger partial charge in [0.1, 0.15) is 0 Å². The van der Waals surface area contributed by atoms with Gasteiger partial charge in [0.2, 0.25) is 0 Å². The maximum Gasteiger partial charge on any atom is 0.0493 e. The lowest BCUT2D eigenvalue weighted by Crippen LogP contribution is -2.53. The summed E-state index contributed by atoms with van der Waals surface area (Å²) in [4.78, 5) is 0. The largest absolute Gasteiger partial charge is 0.0693 e. The van der Waals surface area contributed by atoms with Crippen LogP contribution in [-0.2, 0) is 0 Å². The molecule has 0 saturated carbocycles. The average molecular weight is 1160 g/mol. The lowest BCUT2D eigenvalue weighted by Gasteiger charge is -2.45. The molecule has 0 heterocycles. The van der Waals surface area contributed by atoms with Crippen molar-refractivity contribution in [1.29, 1.82) is 0 Å². The summed E-state index contributed by atoms with van der Waals surface area (Å²) in [6, 6.07) is 12.0. The minimum Gasteiger partial charge on any atom is -0.0693 e. The SMILES string of the molecule is C[Si](C)(C)C(c1cc(C([Si](C)(C)C)[Si](C)(C)C)c([Si]#[Si]c2c(C([Si](C)(C)C)[Si](C)(C)C)cc(C([Si](C)(C)C)[Si](C)(C)C)cc2C([Si](C)(C)C)[Si](C)(C)C)c(C([Si](C)(C)C)[Si](C)(C)C)c1)[Si](C)(C)C. The van der Waals surface area contributed by atoms with E-state index in [-0.39, 0.29) is 0 Å². The Hall–Kier alpha value is 1.48. The second kappa shape index (κ2) is 21.1. The first-order valence-corrected chi connectivity index (χ1v) is 73.2. The molecule has 0 saturated heterocycles. The van der Waals surface area contributed by atoms with Gasteiger partial charge in [-0.1, -0.05) is 260 Å². The first kappa shape index (κ1) is 65.6. The Morgan fingerprint density at radius 2 is 0.324 bits per heavy atom. The number of benzene rings is 2. The third kappa shape index (κ3) is 16.5. The van der Waals surface area contributed by atoms with E-state index < -0.39 is 96.9 Å².